The number of piperidine rings is 1. The van der Waals surface area contributed by atoms with Crippen LogP contribution in [0.3, 0.4) is 0 Å². The Balaban J connectivity index is 1.28. The second-order valence-corrected chi connectivity index (χ2v) is 7.52. The number of aromatic nitrogens is 4. The molecule has 1 saturated heterocycles. The van der Waals surface area contributed by atoms with Gasteiger partial charge in [-0.3, -0.25) is 9.59 Å². The molecule has 4 aromatic rings. The summed E-state index contributed by atoms with van der Waals surface area (Å²) in [6, 6.07) is 15.3. The lowest BCUT2D eigenvalue weighted by Crippen LogP contribution is -2.39. The molecule has 2 aromatic heterocycles. The number of imidazole rings is 1. The number of hydrogen-bond donors (Lipinski definition) is 2. The van der Waals surface area contributed by atoms with Gasteiger partial charge in [0.25, 0.3) is 5.56 Å². The minimum absolute atomic E-state index is 0.0396. The third-order valence-electron chi connectivity index (χ3n) is 5.74. The lowest BCUT2D eigenvalue weighted by atomic mass is 9.95. The lowest BCUT2D eigenvalue weighted by molar-refractivity contribution is -0.131. The maximum atomic E-state index is 12.9. The molecule has 2 aromatic carbocycles. The molecule has 1 fully saturated rings. The summed E-state index contributed by atoms with van der Waals surface area (Å²) in [5.74, 6) is 1.38. The topological polar surface area (TPSA) is 94.7 Å². The number of nitrogens with zero attached hydrogens (tertiary/aromatic N) is 3. The molecule has 1 aliphatic rings. The average molecular weight is 387 g/mol. The van der Waals surface area contributed by atoms with E-state index in [2.05, 4.69) is 15.2 Å². The molecule has 0 unspecified atom stereocenters. The van der Waals surface area contributed by atoms with E-state index in [9.17, 15) is 9.59 Å². The minimum atomic E-state index is -0.233. The molecule has 0 aliphatic carbocycles. The van der Waals surface area contributed by atoms with Gasteiger partial charge in [-0.15, -0.1) is 0 Å². The van der Waals surface area contributed by atoms with E-state index in [-0.39, 0.29) is 17.9 Å². The van der Waals surface area contributed by atoms with E-state index in [1.165, 1.54) is 0 Å². The monoisotopic (exact) mass is 387 g/mol. The summed E-state index contributed by atoms with van der Waals surface area (Å²) in [6.45, 7) is 1.39. The Morgan fingerprint density at radius 3 is 2.55 bits per heavy atom. The molecule has 3 heterocycles. The first-order chi connectivity index (χ1) is 14.2. The fourth-order valence-corrected chi connectivity index (χ4v) is 4.13. The van der Waals surface area contributed by atoms with Gasteiger partial charge in [0, 0.05) is 24.4 Å². The van der Waals surface area contributed by atoms with Gasteiger partial charge in [-0.25, -0.2) is 10.1 Å². The third kappa shape index (κ3) is 3.29. The van der Waals surface area contributed by atoms with Crippen LogP contribution >= 0.6 is 0 Å². The Kier molecular flexibility index (Phi) is 4.35. The van der Waals surface area contributed by atoms with Crippen molar-refractivity contribution >= 4 is 27.7 Å². The number of para-hydroxylation sites is 2. The fraction of sp³-hybridized carbons (Fsp3) is 0.273. The Morgan fingerprint density at radius 1 is 1.03 bits per heavy atom. The van der Waals surface area contributed by atoms with Gasteiger partial charge in [-0.05, 0) is 31.0 Å². The van der Waals surface area contributed by atoms with Crippen molar-refractivity contribution in [1.82, 2.24) is 25.1 Å². The molecular weight excluding hydrogens is 366 g/mol. The first-order valence-electron chi connectivity index (χ1n) is 9.88. The van der Waals surface area contributed by atoms with Crippen LogP contribution in [0.1, 0.15) is 30.3 Å². The normalized spacial score (nSPS) is 15.2. The molecule has 29 heavy (non-hydrogen) atoms. The Morgan fingerprint density at radius 2 is 1.76 bits per heavy atom. The zero-order valence-electron chi connectivity index (χ0n) is 15.9. The summed E-state index contributed by atoms with van der Waals surface area (Å²) in [5, 5.41) is 7.93. The van der Waals surface area contributed by atoms with Gasteiger partial charge >= 0.3 is 0 Å². The highest BCUT2D eigenvalue weighted by Crippen LogP contribution is 2.28. The number of rotatable bonds is 3. The van der Waals surface area contributed by atoms with Crippen LogP contribution in [0.4, 0.5) is 0 Å². The molecular formula is C22H21N5O2. The fourth-order valence-electron chi connectivity index (χ4n) is 4.13. The number of fused-ring (bicyclic) bond motifs is 2. The van der Waals surface area contributed by atoms with Crippen LogP contribution in [0.5, 0.6) is 0 Å². The van der Waals surface area contributed by atoms with E-state index in [4.69, 9.17) is 4.98 Å². The molecule has 1 amide bonds. The summed E-state index contributed by atoms with van der Waals surface area (Å²) >= 11 is 0. The number of likely N-dealkylation sites (tertiary alicyclic amines) is 1. The first-order valence-corrected chi connectivity index (χ1v) is 9.88. The maximum Gasteiger partial charge on any atom is 0.272 e. The van der Waals surface area contributed by atoms with Gasteiger partial charge in [-0.2, -0.15) is 5.10 Å². The predicted octanol–water partition coefficient (Wildman–Crippen LogP) is 2.75. The molecule has 0 saturated carbocycles. The van der Waals surface area contributed by atoms with Crippen LogP contribution in [0.15, 0.2) is 53.3 Å². The van der Waals surface area contributed by atoms with Crippen LogP contribution in [0.25, 0.3) is 21.8 Å². The SMILES string of the molecule is O=C(Cc1n[nH]c(=O)c2ccccc12)N1CCC(c2nc3ccccc3[nH]2)CC1. The quantitative estimate of drug-likeness (QED) is 0.565. The van der Waals surface area contributed by atoms with Gasteiger partial charge < -0.3 is 9.88 Å². The Hall–Kier alpha value is -3.48. The largest absolute Gasteiger partial charge is 0.342 e. The van der Waals surface area contributed by atoms with Gasteiger partial charge in [0.05, 0.1) is 28.5 Å². The van der Waals surface area contributed by atoms with Gasteiger partial charge in [0.1, 0.15) is 5.82 Å². The van der Waals surface area contributed by atoms with Crippen molar-refractivity contribution in [3.05, 3.63) is 70.4 Å². The van der Waals surface area contributed by atoms with E-state index in [1.807, 2.05) is 47.4 Å². The number of amides is 1. The Labute approximate surface area is 166 Å². The molecule has 2 N–H and O–H groups in total. The van der Waals surface area contributed by atoms with Crippen molar-refractivity contribution in [3.8, 4) is 0 Å². The molecule has 1 aliphatic heterocycles. The highest BCUT2D eigenvalue weighted by Gasteiger charge is 2.26. The van der Waals surface area contributed by atoms with Gasteiger partial charge in [-0.1, -0.05) is 30.3 Å². The number of hydrogen-bond acceptors (Lipinski definition) is 4. The standard InChI is InChI=1S/C22H21N5O2/c28-20(13-19-15-5-1-2-6-16(15)22(29)26-25-19)27-11-9-14(10-12-27)21-23-17-7-3-4-8-18(17)24-21/h1-8,14H,9-13H2,(H,23,24)(H,26,29). The molecule has 0 spiro atoms. The van der Waals surface area contributed by atoms with Crippen LogP contribution in [-0.2, 0) is 11.2 Å². The molecule has 0 bridgehead atoms. The van der Waals surface area contributed by atoms with Crippen LogP contribution in [-0.4, -0.2) is 44.1 Å². The highest BCUT2D eigenvalue weighted by molar-refractivity contribution is 5.88. The second-order valence-electron chi connectivity index (χ2n) is 7.52. The summed E-state index contributed by atoms with van der Waals surface area (Å²) < 4.78 is 0. The van der Waals surface area contributed by atoms with E-state index in [0.717, 1.165) is 35.1 Å². The number of nitrogens with one attached hydrogen (secondary N) is 2. The first kappa shape index (κ1) is 17.6. The Bertz CT molecular complexity index is 1220. The van der Waals surface area contributed by atoms with E-state index < -0.39 is 0 Å². The summed E-state index contributed by atoms with van der Waals surface area (Å²) in [7, 11) is 0. The summed E-state index contributed by atoms with van der Waals surface area (Å²) in [5.41, 5.74) is 2.42. The highest BCUT2D eigenvalue weighted by atomic mass is 16.2. The maximum absolute atomic E-state index is 12.9. The van der Waals surface area contributed by atoms with Gasteiger partial charge in [0.15, 0.2) is 0 Å². The van der Waals surface area contributed by atoms with Crippen molar-refractivity contribution < 1.29 is 4.79 Å². The van der Waals surface area contributed by atoms with E-state index >= 15 is 0 Å². The molecule has 0 atom stereocenters. The second kappa shape index (κ2) is 7.16. The third-order valence-corrected chi connectivity index (χ3v) is 5.74. The van der Waals surface area contributed by atoms with Crippen molar-refractivity contribution in [1.29, 1.82) is 0 Å². The van der Waals surface area contributed by atoms with Crippen LogP contribution in [0.2, 0.25) is 0 Å². The van der Waals surface area contributed by atoms with Crippen molar-refractivity contribution in [3.63, 3.8) is 0 Å². The van der Waals surface area contributed by atoms with Crippen LogP contribution < -0.4 is 5.56 Å². The van der Waals surface area contributed by atoms with Crippen LogP contribution in [0, 0.1) is 0 Å². The zero-order chi connectivity index (χ0) is 19.8. The number of benzene rings is 2. The molecule has 0 radical (unpaired) electrons. The van der Waals surface area contributed by atoms with E-state index in [0.29, 0.717) is 30.1 Å². The van der Waals surface area contributed by atoms with E-state index in [1.54, 1.807) is 6.07 Å². The molecule has 5 rings (SSSR count). The summed E-state index contributed by atoms with van der Waals surface area (Å²) in [4.78, 5) is 34.8. The zero-order valence-corrected chi connectivity index (χ0v) is 15.9. The van der Waals surface area contributed by atoms with Crippen molar-refractivity contribution in [2.75, 3.05) is 13.1 Å². The number of H-pyrrole nitrogens is 2. The molecule has 7 heteroatoms. The van der Waals surface area contributed by atoms with Crippen molar-refractivity contribution in [2.24, 2.45) is 0 Å². The molecule has 7 nitrogen and oxygen atoms in total. The number of aromatic amines is 2. The average Bonchev–Trinajstić information content (AvgIpc) is 3.20. The smallest absolute Gasteiger partial charge is 0.272 e. The van der Waals surface area contributed by atoms with Crippen molar-refractivity contribution in [2.45, 2.75) is 25.2 Å². The number of carbonyl (C=O) groups is 1. The number of carbonyl (C=O) groups excluding carboxylic acids is 1. The summed E-state index contributed by atoms with van der Waals surface area (Å²) in [6.07, 6.45) is 1.95. The predicted molar refractivity (Wildman–Crippen MR) is 111 cm³/mol. The molecule has 146 valence electrons. The lowest BCUT2D eigenvalue weighted by Gasteiger charge is -2.31. The minimum Gasteiger partial charge on any atom is -0.342 e. The van der Waals surface area contributed by atoms with Gasteiger partial charge in [0.2, 0.25) is 5.91 Å².